The number of benzene rings is 3. The average molecular weight is 448 g/mol. The molecule has 0 aliphatic heterocycles. The highest BCUT2D eigenvalue weighted by molar-refractivity contribution is 5.91. The van der Waals surface area contributed by atoms with Crippen molar-refractivity contribution in [1.82, 2.24) is 0 Å². The fraction of sp³-hybridized carbons (Fsp3) is 0.0800. The minimum absolute atomic E-state index is 0.00984. The van der Waals surface area contributed by atoms with Crippen molar-refractivity contribution < 1.29 is 32.6 Å². The van der Waals surface area contributed by atoms with E-state index < -0.39 is 23.2 Å². The molecule has 0 radical (unpaired) electrons. The summed E-state index contributed by atoms with van der Waals surface area (Å²) in [6.45, 7) is 1.57. The Labute approximate surface area is 186 Å². The number of halogens is 1. The maximum atomic E-state index is 13.0. The number of hydrogen-bond donors (Lipinski definition) is 0. The molecule has 0 atom stereocenters. The third-order valence-corrected chi connectivity index (χ3v) is 4.77. The van der Waals surface area contributed by atoms with Crippen LogP contribution >= 0.6 is 0 Å². The van der Waals surface area contributed by atoms with E-state index in [1.807, 2.05) is 0 Å². The molecular formula is C25H17FO7. The zero-order valence-electron chi connectivity index (χ0n) is 17.6. The van der Waals surface area contributed by atoms with Crippen LogP contribution in [0.2, 0.25) is 0 Å². The van der Waals surface area contributed by atoms with Crippen LogP contribution in [0.15, 0.2) is 75.9 Å². The van der Waals surface area contributed by atoms with E-state index in [1.165, 1.54) is 61.7 Å². The molecule has 1 heterocycles. The van der Waals surface area contributed by atoms with Crippen LogP contribution in [0.25, 0.3) is 11.0 Å². The van der Waals surface area contributed by atoms with Crippen LogP contribution in [-0.2, 0) is 4.74 Å². The molecule has 4 aromatic rings. The Morgan fingerprint density at radius 2 is 1.45 bits per heavy atom. The first-order valence-electron chi connectivity index (χ1n) is 9.77. The average Bonchev–Trinajstić information content (AvgIpc) is 2.82. The summed E-state index contributed by atoms with van der Waals surface area (Å²) in [6.07, 6.45) is 0. The van der Waals surface area contributed by atoms with Gasteiger partial charge < -0.3 is 18.6 Å². The number of methoxy groups -OCH3 is 1. The van der Waals surface area contributed by atoms with Gasteiger partial charge in [0.1, 0.15) is 28.7 Å². The molecule has 0 spiro atoms. The molecule has 0 aliphatic carbocycles. The highest BCUT2D eigenvalue weighted by atomic mass is 19.1. The van der Waals surface area contributed by atoms with Gasteiger partial charge in [-0.15, -0.1) is 0 Å². The second-order valence-electron chi connectivity index (χ2n) is 6.99. The zero-order chi connectivity index (χ0) is 23.5. The summed E-state index contributed by atoms with van der Waals surface area (Å²) in [5, 5.41) is 0.225. The van der Waals surface area contributed by atoms with Crippen molar-refractivity contribution in [3.05, 3.63) is 99.7 Å². The van der Waals surface area contributed by atoms with Gasteiger partial charge in [0.15, 0.2) is 0 Å². The lowest BCUT2D eigenvalue weighted by atomic mass is 10.2. The first-order valence-corrected chi connectivity index (χ1v) is 9.77. The van der Waals surface area contributed by atoms with Crippen LogP contribution in [0.3, 0.4) is 0 Å². The van der Waals surface area contributed by atoms with Crippen molar-refractivity contribution in [3.63, 3.8) is 0 Å². The summed E-state index contributed by atoms with van der Waals surface area (Å²) < 4.78 is 34.4. The fourth-order valence-electron chi connectivity index (χ4n) is 3.10. The molecule has 0 aliphatic rings. The first kappa shape index (κ1) is 21.8. The molecule has 7 nitrogen and oxygen atoms in total. The van der Waals surface area contributed by atoms with Crippen LogP contribution in [0, 0.1) is 12.7 Å². The lowest BCUT2D eigenvalue weighted by Gasteiger charge is -2.10. The van der Waals surface area contributed by atoms with E-state index in [-0.39, 0.29) is 33.8 Å². The van der Waals surface area contributed by atoms with Crippen LogP contribution in [0.5, 0.6) is 17.2 Å². The van der Waals surface area contributed by atoms with Gasteiger partial charge in [0.25, 0.3) is 0 Å². The van der Waals surface area contributed by atoms with Gasteiger partial charge in [-0.25, -0.2) is 14.0 Å². The molecular weight excluding hydrogens is 431 g/mol. The quantitative estimate of drug-likeness (QED) is 0.312. The van der Waals surface area contributed by atoms with E-state index in [4.69, 9.17) is 13.9 Å². The molecule has 0 unspecified atom stereocenters. The van der Waals surface area contributed by atoms with E-state index >= 15 is 0 Å². The second-order valence-corrected chi connectivity index (χ2v) is 6.99. The Balaban J connectivity index is 1.59. The van der Waals surface area contributed by atoms with E-state index in [0.29, 0.717) is 11.3 Å². The smallest absolute Gasteiger partial charge is 0.343 e. The maximum Gasteiger partial charge on any atom is 0.343 e. The standard InChI is InChI=1S/C25H17FO7/c1-14-23(32-18-9-5-15(6-10-18)24(28)30-2)22(27)20-12-11-19(13-21(20)31-14)33-25(29)16-3-7-17(26)8-4-16/h3-13H,1-2H3. The maximum absolute atomic E-state index is 13.0. The summed E-state index contributed by atoms with van der Waals surface area (Å²) in [4.78, 5) is 36.8. The van der Waals surface area contributed by atoms with Crippen molar-refractivity contribution in [3.8, 4) is 17.2 Å². The van der Waals surface area contributed by atoms with Gasteiger partial charge in [0.2, 0.25) is 11.2 Å². The van der Waals surface area contributed by atoms with Gasteiger partial charge in [0.05, 0.1) is 23.6 Å². The summed E-state index contributed by atoms with van der Waals surface area (Å²) in [5.74, 6) is -0.931. The zero-order valence-corrected chi connectivity index (χ0v) is 17.6. The van der Waals surface area contributed by atoms with Gasteiger partial charge >= 0.3 is 11.9 Å². The van der Waals surface area contributed by atoms with Crippen molar-refractivity contribution >= 4 is 22.9 Å². The molecule has 0 saturated carbocycles. The number of fused-ring (bicyclic) bond motifs is 1. The van der Waals surface area contributed by atoms with Gasteiger partial charge in [-0.3, -0.25) is 4.79 Å². The molecule has 0 amide bonds. The lowest BCUT2D eigenvalue weighted by Crippen LogP contribution is -2.10. The van der Waals surface area contributed by atoms with Crippen molar-refractivity contribution in [2.24, 2.45) is 0 Å². The minimum atomic E-state index is -0.677. The Morgan fingerprint density at radius 3 is 2.12 bits per heavy atom. The summed E-state index contributed by atoms with van der Waals surface area (Å²) >= 11 is 0. The van der Waals surface area contributed by atoms with Crippen LogP contribution in [0.1, 0.15) is 26.5 Å². The number of esters is 2. The van der Waals surface area contributed by atoms with Gasteiger partial charge in [0, 0.05) is 6.07 Å². The molecule has 33 heavy (non-hydrogen) atoms. The highest BCUT2D eigenvalue weighted by Gasteiger charge is 2.16. The Morgan fingerprint density at radius 1 is 0.848 bits per heavy atom. The monoisotopic (exact) mass is 448 g/mol. The summed E-state index contributed by atoms with van der Waals surface area (Å²) in [7, 11) is 1.28. The topological polar surface area (TPSA) is 92.0 Å². The molecule has 3 aromatic carbocycles. The van der Waals surface area contributed by atoms with Crippen LogP contribution in [-0.4, -0.2) is 19.0 Å². The summed E-state index contributed by atoms with van der Waals surface area (Å²) in [6, 6.07) is 15.4. The third-order valence-electron chi connectivity index (χ3n) is 4.77. The lowest BCUT2D eigenvalue weighted by molar-refractivity contribution is 0.0600. The fourth-order valence-corrected chi connectivity index (χ4v) is 3.10. The van der Waals surface area contributed by atoms with E-state index in [1.54, 1.807) is 6.92 Å². The van der Waals surface area contributed by atoms with E-state index in [9.17, 15) is 18.8 Å². The van der Waals surface area contributed by atoms with E-state index in [0.717, 1.165) is 12.1 Å². The molecule has 8 heteroatoms. The largest absolute Gasteiger partial charge is 0.465 e. The van der Waals surface area contributed by atoms with Crippen molar-refractivity contribution in [2.75, 3.05) is 7.11 Å². The number of aryl methyl sites for hydroxylation is 1. The second kappa shape index (κ2) is 8.96. The van der Waals surface area contributed by atoms with Gasteiger partial charge in [-0.2, -0.15) is 0 Å². The number of carbonyl (C=O) groups excluding carboxylic acids is 2. The van der Waals surface area contributed by atoms with Crippen molar-refractivity contribution in [1.29, 1.82) is 0 Å². The Hall–Kier alpha value is -4.46. The molecule has 0 bridgehead atoms. The van der Waals surface area contributed by atoms with Gasteiger partial charge in [-0.05, 0) is 67.6 Å². The van der Waals surface area contributed by atoms with Crippen molar-refractivity contribution in [2.45, 2.75) is 6.92 Å². The molecule has 166 valence electrons. The predicted molar refractivity (Wildman–Crippen MR) is 116 cm³/mol. The normalized spacial score (nSPS) is 10.6. The molecule has 1 aromatic heterocycles. The number of carbonyl (C=O) groups is 2. The predicted octanol–water partition coefficient (Wildman–Crippen LogP) is 5.04. The van der Waals surface area contributed by atoms with E-state index in [2.05, 4.69) is 4.74 Å². The minimum Gasteiger partial charge on any atom is -0.465 e. The number of hydrogen-bond acceptors (Lipinski definition) is 7. The molecule has 4 rings (SSSR count). The van der Waals surface area contributed by atoms with Crippen LogP contribution < -0.4 is 14.9 Å². The number of ether oxygens (including phenoxy) is 3. The molecule has 0 saturated heterocycles. The third kappa shape index (κ3) is 4.59. The molecule has 0 fully saturated rings. The highest BCUT2D eigenvalue weighted by Crippen LogP contribution is 2.28. The SMILES string of the molecule is COC(=O)c1ccc(Oc2c(C)oc3cc(OC(=O)c4ccc(F)cc4)ccc3c2=O)cc1. The Bertz CT molecular complexity index is 1400. The molecule has 0 N–H and O–H groups in total. The van der Waals surface area contributed by atoms with Gasteiger partial charge in [-0.1, -0.05) is 0 Å². The van der Waals surface area contributed by atoms with Crippen LogP contribution in [0.4, 0.5) is 4.39 Å². The first-order chi connectivity index (χ1) is 15.9. The summed E-state index contributed by atoms with van der Waals surface area (Å²) in [5.41, 5.74) is 0.309. The number of rotatable bonds is 5. The Kier molecular flexibility index (Phi) is 5.91.